The molecule has 0 aromatic heterocycles. The maximum Gasteiger partial charge on any atom is 0.233 e. The highest BCUT2D eigenvalue weighted by Crippen LogP contribution is 2.38. The molecule has 1 heterocycles. The van der Waals surface area contributed by atoms with Gasteiger partial charge in [-0.2, -0.15) is 0 Å². The number of thioether (sulfide) groups is 1. The van der Waals surface area contributed by atoms with Crippen molar-refractivity contribution in [3.63, 3.8) is 0 Å². The van der Waals surface area contributed by atoms with Crippen molar-refractivity contribution in [1.29, 1.82) is 0 Å². The fourth-order valence-corrected chi connectivity index (χ4v) is 5.00. The zero-order valence-electron chi connectivity index (χ0n) is 19.3. The first-order chi connectivity index (χ1) is 16.6. The molecule has 34 heavy (non-hydrogen) atoms. The second-order valence-electron chi connectivity index (χ2n) is 8.00. The molecular formula is C27H28FNO4S. The predicted octanol–water partition coefficient (Wildman–Crippen LogP) is 5.28. The third kappa shape index (κ3) is 5.65. The second kappa shape index (κ2) is 11.3. The number of amides is 1. The molecule has 0 spiro atoms. The van der Waals surface area contributed by atoms with Gasteiger partial charge in [0, 0.05) is 12.3 Å². The van der Waals surface area contributed by atoms with Gasteiger partial charge in [0.2, 0.25) is 5.91 Å². The number of hydrogen-bond donors (Lipinski definition) is 0. The van der Waals surface area contributed by atoms with Crippen LogP contribution in [0.1, 0.15) is 22.7 Å². The molecule has 0 saturated carbocycles. The van der Waals surface area contributed by atoms with Gasteiger partial charge in [0.1, 0.15) is 18.2 Å². The highest BCUT2D eigenvalue weighted by atomic mass is 32.2. The fourth-order valence-electron chi connectivity index (χ4n) is 4.13. The molecule has 0 fully saturated rings. The van der Waals surface area contributed by atoms with Crippen LogP contribution in [-0.2, 0) is 17.0 Å². The lowest BCUT2D eigenvalue weighted by atomic mass is 9.92. The van der Waals surface area contributed by atoms with Gasteiger partial charge >= 0.3 is 0 Å². The van der Waals surface area contributed by atoms with Gasteiger partial charge in [0.25, 0.3) is 0 Å². The summed E-state index contributed by atoms with van der Waals surface area (Å²) in [6.07, 6.45) is 0.720. The molecule has 1 aliphatic heterocycles. The summed E-state index contributed by atoms with van der Waals surface area (Å²) in [5, 5.41) is 0. The van der Waals surface area contributed by atoms with E-state index in [0.29, 0.717) is 29.5 Å². The van der Waals surface area contributed by atoms with E-state index in [1.165, 1.54) is 17.7 Å². The van der Waals surface area contributed by atoms with Gasteiger partial charge in [0.05, 0.1) is 26.0 Å². The van der Waals surface area contributed by atoms with E-state index >= 15 is 0 Å². The van der Waals surface area contributed by atoms with Crippen molar-refractivity contribution in [2.75, 3.05) is 33.1 Å². The molecule has 1 amide bonds. The first-order valence-corrected chi connectivity index (χ1v) is 12.3. The molecule has 4 rings (SSSR count). The summed E-state index contributed by atoms with van der Waals surface area (Å²) >= 11 is 1.60. The van der Waals surface area contributed by atoms with Crippen molar-refractivity contribution in [2.24, 2.45) is 0 Å². The van der Waals surface area contributed by atoms with Crippen LogP contribution in [0.2, 0.25) is 0 Å². The molecule has 0 bridgehead atoms. The van der Waals surface area contributed by atoms with Gasteiger partial charge in [-0.05, 0) is 59.5 Å². The third-order valence-corrected chi connectivity index (χ3v) is 6.87. The van der Waals surface area contributed by atoms with Gasteiger partial charge in [-0.1, -0.05) is 30.3 Å². The van der Waals surface area contributed by atoms with Gasteiger partial charge < -0.3 is 19.1 Å². The SMILES string of the molecule is COc1cc2c(cc1OC)[C@@H](COc1ccc(F)cc1)N(C(=O)CSCc1ccccc1)CC2. The Labute approximate surface area is 203 Å². The van der Waals surface area contributed by atoms with Gasteiger partial charge in [0.15, 0.2) is 11.5 Å². The lowest BCUT2D eigenvalue weighted by Crippen LogP contribution is -2.43. The van der Waals surface area contributed by atoms with E-state index in [-0.39, 0.29) is 24.4 Å². The zero-order valence-corrected chi connectivity index (χ0v) is 20.1. The summed E-state index contributed by atoms with van der Waals surface area (Å²) in [6.45, 7) is 0.841. The van der Waals surface area contributed by atoms with Crippen molar-refractivity contribution >= 4 is 17.7 Å². The summed E-state index contributed by atoms with van der Waals surface area (Å²) in [6, 6.07) is 19.6. The molecule has 7 heteroatoms. The van der Waals surface area contributed by atoms with Crippen molar-refractivity contribution in [3.8, 4) is 17.2 Å². The van der Waals surface area contributed by atoms with Gasteiger partial charge in [-0.3, -0.25) is 4.79 Å². The fraction of sp³-hybridized carbons (Fsp3) is 0.296. The Morgan fingerprint density at radius 1 is 1.03 bits per heavy atom. The average molecular weight is 482 g/mol. The van der Waals surface area contributed by atoms with Crippen molar-refractivity contribution in [2.45, 2.75) is 18.2 Å². The molecule has 3 aromatic rings. The molecule has 178 valence electrons. The van der Waals surface area contributed by atoms with Crippen molar-refractivity contribution in [3.05, 3.63) is 89.2 Å². The maximum absolute atomic E-state index is 13.3. The molecule has 5 nitrogen and oxygen atoms in total. The number of benzene rings is 3. The summed E-state index contributed by atoms with van der Waals surface area (Å²) in [5.41, 5.74) is 3.27. The summed E-state index contributed by atoms with van der Waals surface area (Å²) in [7, 11) is 3.21. The second-order valence-corrected chi connectivity index (χ2v) is 8.99. The van der Waals surface area contributed by atoms with E-state index in [1.54, 1.807) is 38.1 Å². The zero-order chi connectivity index (χ0) is 23.9. The molecule has 1 atom stereocenters. The van der Waals surface area contributed by atoms with E-state index in [4.69, 9.17) is 14.2 Å². The van der Waals surface area contributed by atoms with Crippen LogP contribution in [0.15, 0.2) is 66.7 Å². The molecule has 1 aliphatic rings. The van der Waals surface area contributed by atoms with E-state index in [0.717, 1.165) is 23.3 Å². The maximum atomic E-state index is 13.3. The molecular weight excluding hydrogens is 453 g/mol. The first kappa shape index (κ1) is 24.0. The number of hydrogen-bond acceptors (Lipinski definition) is 5. The number of methoxy groups -OCH3 is 2. The van der Waals surface area contributed by atoms with Crippen LogP contribution in [0.25, 0.3) is 0 Å². The van der Waals surface area contributed by atoms with Crippen LogP contribution in [0, 0.1) is 5.82 Å². The Balaban J connectivity index is 1.54. The minimum atomic E-state index is -0.320. The van der Waals surface area contributed by atoms with Gasteiger partial charge in [-0.25, -0.2) is 4.39 Å². The average Bonchev–Trinajstić information content (AvgIpc) is 2.87. The van der Waals surface area contributed by atoms with Crippen LogP contribution in [0.3, 0.4) is 0 Å². The Morgan fingerprint density at radius 3 is 2.44 bits per heavy atom. The summed E-state index contributed by atoms with van der Waals surface area (Å²) in [4.78, 5) is 15.2. The molecule has 3 aromatic carbocycles. The van der Waals surface area contributed by atoms with Crippen LogP contribution in [0.4, 0.5) is 4.39 Å². The van der Waals surface area contributed by atoms with E-state index < -0.39 is 0 Å². The van der Waals surface area contributed by atoms with Crippen LogP contribution in [0.5, 0.6) is 17.2 Å². The summed E-state index contributed by atoms with van der Waals surface area (Å²) in [5.74, 6) is 2.73. The van der Waals surface area contributed by atoms with Gasteiger partial charge in [-0.15, -0.1) is 11.8 Å². The standard InChI is InChI=1S/C27H28FNO4S/c1-31-25-14-20-12-13-29(27(30)18-34-17-19-6-4-3-5-7-19)24(23(20)15-26(25)32-2)16-33-22-10-8-21(28)9-11-22/h3-11,14-15,24H,12-13,16-18H2,1-2H3/t24-/m1/s1. The highest BCUT2D eigenvalue weighted by molar-refractivity contribution is 7.99. The predicted molar refractivity (Wildman–Crippen MR) is 132 cm³/mol. The Hall–Kier alpha value is -3.19. The van der Waals surface area contributed by atoms with Crippen LogP contribution < -0.4 is 14.2 Å². The molecule has 0 N–H and O–H groups in total. The Bertz CT molecular complexity index is 1110. The Morgan fingerprint density at radius 2 is 1.74 bits per heavy atom. The summed E-state index contributed by atoms with van der Waals surface area (Å²) < 4.78 is 30.3. The number of rotatable bonds is 9. The van der Waals surface area contributed by atoms with E-state index in [2.05, 4.69) is 12.1 Å². The number of fused-ring (bicyclic) bond motifs is 1. The first-order valence-electron chi connectivity index (χ1n) is 11.1. The lowest BCUT2D eigenvalue weighted by Gasteiger charge is -2.37. The number of ether oxygens (including phenoxy) is 3. The normalized spacial score (nSPS) is 14.9. The molecule has 0 radical (unpaired) electrons. The van der Waals surface area contributed by atoms with Crippen molar-refractivity contribution in [1.82, 2.24) is 4.90 Å². The molecule has 0 saturated heterocycles. The van der Waals surface area contributed by atoms with E-state index in [1.807, 2.05) is 35.2 Å². The van der Waals surface area contributed by atoms with E-state index in [9.17, 15) is 9.18 Å². The number of nitrogens with zero attached hydrogens (tertiary/aromatic N) is 1. The highest BCUT2D eigenvalue weighted by Gasteiger charge is 2.32. The Kier molecular flexibility index (Phi) is 7.95. The molecule has 0 unspecified atom stereocenters. The topological polar surface area (TPSA) is 48.0 Å². The number of carbonyl (C=O) groups excluding carboxylic acids is 1. The monoisotopic (exact) mass is 481 g/mol. The van der Waals surface area contributed by atoms with Crippen LogP contribution in [-0.4, -0.2) is 43.9 Å². The largest absolute Gasteiger partial charge is 0.493 e. The minimum Gasteiger partial charge on any atom is -0.493 e. The smallest absolute Gasteiger partial charge is 0.233 e. The molecule has 0 aliphatic carbocycles. The van der Waals surface area contributed by atoms with Crippen LogP contribution >= 0.6 is 11.8 Å². The van der Waals surface area contributed by atoms with Crippen molar-refractivity contribution < 1.29 is 23.4 Å². The third-order valence-electron chi connectivity index (χ3n) is 5.88. The lowest BCUT2D eigenvalue weighted by molar-refractivity contribution is -0.132. The number of halogens is 1. The number of carbonyl (C=O) groups is 1. The quantitative estimate of drug-likeness (QED) is 0.416. The minimum absolute atomic E-state index is 0.0640.